The fourth-order valence-corrected chi connectivity index (χ4v) is 2.11. The second-order valence-corrected chi connectivity index (χ2v) is 4.33. The van der Waals surface area contributed by atoms with Crippen molar-refractivity contribution in [2.75, 3.05) is 0 Å². The third-order valence-corrected chi connectivity index (χ3v) is 3.00. The predicted octanol–water partition coefficient (Wildman–Crippen LogP) is 3.07. The van der Waals surface area contributed by atoms with Crippen LogP contribution in [0.2, 0.25) is 0 Å². The first kappa shape index (κ1) is 12.2. The molecule has 1 fully saturated rings. The van der Waals surface area contributed by atoms with Gasteiger partial charge in [0.1, 0.15) is 5.75 Å². The Balaban J connectivity index is 2.18. The number of hydrogen-bond donors (Lipinski definition) is 1. The van der Waals surface area contributed by atoms with Gasteiger partial charge in [-0.25, -0.2) is 0 Å². The minimum atomic E-state index is -4.68. The summed E-state index contributed by atoms with van der Waals surface area (Å²) in [6, 6.07) is 6.11. The van der Waals surface area contributed by atoms with E-state index in [4.69, 9.17) is 0 Å². The lowest BCUT2D eigenvalue weighted by atomic mass is 10.1. The number of alkyl halides is 3. The zero-order chi connectivity index (χ0) is 12.6. The van der Waals surface area contributed by atoms with Gasteiger partial charge in [-0.2, -0.15) is 0 Å². The van der Waals surface area contributed by atoms with Crippen molar-refractivity contribution in [1.82, 2.24) is 0 Å². The molecule has 1 aliphatic rings. The van der Waals surface area contributed by atoms with Gasteiger partial charge in [-0.15, -0.1) is 13.2 Å². The Morgan fingerprint density at radius 2 is 2.00 bits per heavy atom. The molecule has 0 aromatic heterocycles. The largest absolute Gasteiger partial charge is 0.573 e. The fraction of sp³-hybridized carbons (Fsp3) is 0.500. The van der Waals surface area contributed by atoms with Crippen molar-refractivity contribution >= 4 is 0 Å². The van der Waals surface area contributed by atoms with Gasteiger partial charge in [0, 0.05) is 0 Å². The third kappa shape index (κ3) is 2.91. The van der Waals surface area contributed by atoms with Crippen molar-refractivity contribution < 1.29 is 23.0 Å². The number of aliphatic hydroxyl groups is 1. The molecule has 0 spiro atoms. The zero-order valence-corrected chi connectivity index (χ0v) is 9.24. The van der Waals surface area contributed by atoms with Crippen molar-refractivity contribution in [3.05, 3.63) is 29.8 Å². The van der Waals surface area contributed by atoms with Crippen LogP contribution in [0.15, 0.2) is 24.3 Å². The summed E-state index contributed by atoms with van der Waals surface area (Å²) in [5.41, 5.74) is 0.524. The van der Waals surface area contributed by atoms with Crippen LogP contribution < -0.4 is 4.74 Å². The van der Waals surface area contributed by atoms with E-state index in [2.05, 4.69) is 4.74 Å². The van der Waals surface area contributed by atoms with Gasteiger partial charge in [-0.1, -0.05) is 18.2 Å². The lowest BCUT2D eigenvalue weighted by Crippen LogP contribution is -2.18. The van der Waals surface area contributed by atoms with Crippen molar-refractivity contribution in [3.8, 4) is 5.75 Å². The van der Waals surface area contributed by atoms with Gasteiger partial charge in [-0.3, -0.25) is 0 Å². The smallest absolute Gasteiger partial charge is 0.405 e. The molecule has 2 rings (SSSR count). The number of hydrogen-bond acceptors (Lipinski definition) is 2. The van der Waals surface area contributed by atoms with Gasteiger partial charge in [0.15, 0.2) is 0 Å². The highest BCUT2D eigenvalue weighted by Crippen LogP contribution is 2.52. The van der Waals surface area contributed by atoms with Crippen molar-refractivity contribution in [2.24, 2.45) is 5.92 Å². The number of benzene rings is 1. The van der Waals surface area contributed by atoms with E-state index >= 15 is 0 Å². The SMILES string of the molecule is C[C@H](O)[C@H]1C[C@@H]1c1ccccc1OC(F)(F)F. The maximum Gasteiger partial charge on any atom is 0.573 e. The monoisotopic (exact) mass is 246 g/mol. The molecule has 1 aromatic carbocycles. The summed E-state index contributed by atoms with van der Waals surface area (Å²) in [5.74, 6) is -0.158. The molecular weight excluding hydrogens is 233 g/mol. The number of aliphatic hydroxyl groups excluding tert-OH is 1. The van der Waals surface area contributed by atoms with Crippen LogP contribution in [0.5, 0.6) is 5.75 Å². The standard InChI is InChI=1S/C12H13F3O2/c1-7(16)9-6-10(9)8-4-2-3-5-11(8)17-12(13,14)15/h2-5,7,9-10,16H,6H2,1H3/t7-,9+,10+/m0/s1. The summed E-state index contributed by atoms with van der Waals surface area (Å²) in [5, 5.41) is 9.38. The van der Waals surface area contributed by atoms with Crippen LogP contribution in [-0.4, -0.2) is 17.6 Å². The quantitative estimate of drug-likeness (QED) is 0.888. The van der Waals surface area contributed by atoms with Gasteiger partial charge in [-0.05, 0) is 36.8 Å². The number of rotatable bonds is 3. The first-order valence-electron chi connectivity index (χ1n) is 5.41. The van der Waals surface area contributed by atoms with Crippen LogP contribution in [0, 0.1) is 5.92 Å². The molecule has 94 valence electrons. The van der Waals surface area contributed by atoms with Gasteiger partial charge < -0.3 is 9.84 Å². The second-order valence-electron chi connectivity index (χ2n) is 4.33. The van der Waals surface area contributed by atoms with E-state index in [1.54, 1.807) is 19.1 Å². The summed E-state index contributed by atoms with van der Waals surface area (Å²) < 4.78 is 40.5. The lowest BCUT2D eigenvalue weighted by molar-refractivity contribution is -0.274. The summed E-state index contributed by atoms with van der Waals surface area (Å²) in [6.45, 7) is 1.65. The minimum Gasteiger partial charge on any atom is -0.405 e. The van der Waals surface area contributed by atoms with E-state index in [1.165, 1.54) is 12.1 Å². The molecule has 2 nitrogen and oxygen atoms in total. The van der Waals surface area contributed by atoms with Crippen LogP contribution in [0.3, 0.4) is 0 Å². The maximum absolute atomic E-state index is 12.2. The Hall–Kier alpha value is -1.23. The molecule has 0 bridgehead atoms. The molecule has 0 saturated heterocycles. The number of ether oxygens (including phenoxy) is 1. The molecule has 0 heterocycles. The molecule has 0 radical (unpaired) electrons. The fourth-order valence-electron chi connectivity index (χ4n) is 2.11. The molecule has 0 unspecified atom stereocenters. The van der Waals surface area contributed by atoms with Crippen molar-refractivity contribution in [2.45, 2.75) is 31.7 Å². The van der Waals surface area contributed by atoms with Gasteiger partial charge in [0.25, 0.3) is 0 Å². The topological polar surface area (TPSA) is 29.5 Å². The molecule has 5 heteroatoms. The van der Waals surface area contributed by atoms with Gasteiger partial charge in [0.2, 0.25) is 0 Å². The Morgan fingerprint density at radius 3 is 2.53 bits per heavy atom. The van der Waals surface area contributed by atoms with E-state index in [1.807, 2.05) is 0 Å². The third-order valence-electron chi connectivity index (χ3n) is 3.00. The molecule has 1 aromatic rings. The molecule has 1 N–H and O–H groups in total. The zero-order valence-electron chi connectivity index (χ0n) is 9.24. The lowest BCUT2D eigenvalue weighted by Gasteiger charge is -2.13. The number of para-hydroxylation sites is 1. The van der Waals surface area contributed by atoms with E-state index in [9.17, 15) is 18.3 Å². The van der Waals surface area contributed by atoms with E-state index in [0.29, 0.717) is 12.0 Å². The Labute approximate surface area is 97.0 Å². The van der Waals surface area contributed by atoms with Gasteiger partial charge >= 0.3 is 6.36 Å². The van der Waals surface area contributed by atoms with Crippen LogP contribution in [0.25, 0.3) is 0 Å². The van der Waals surface area contributed by atoms with Crippen LogP contribution in [-0.2, 0) is 0 Å². The van der Waals surface area contributed by atoms with Crippen LogP contribution >= 0.6 is 0 Å². The maximum atomic E-state index is 12.2. The van der Waals surface area contributed by atoms with E-state index in [-0.39, 0.29) is 17.6 Å². The Morgan fingerprint density at radius 1 is 1.35 bits per heavy atom. The molecule has 1 aliphatic carbocycles. The van der Waals surface area contributed by atoms with Gasteiger partial charge in [0.05, 0.1) is 6.10 Å². The highest BCUT2D eigenvalue weighted by atomic mass is 19.4. The van der Waals surface area contributed by atoms with Crippen molar-refractivity contribution in [3.63, 3.8) is 0 Å². The summed E-state index contributed by atoms with van der Waals surface area (Å²) >= 11 is 0. The first-order valence-corrected chi connectivity index (χ1v) is 5.41. The van der Waals surface area contributed by atoms with E-state index < -0.39 is 12.5 Å². The highest BCUT2D eigenvalue weighted by Gasteiger charge is 2.44. The first-order chi connectivity index (χ1) is 7.88. The highest BCUT2D eigenvalue weighted by molar-refractivity contribution is 5.40. The number of halogens is 3. The second kappa shape index (κ2) is 4.22. The molecule has 3 atom stereocenters. The average Bonchev–Trinajstić information content (AvgIpc) is 2.95. The average molecular weight is 246 g/mol. The Kier molecular flexibility index (Phi) is 3.03. The van der Waals surface area contributed by atoms with E-state index in [0.717, 1.165) is 0 Å². The Bertz CT molecular complexity index is 401. The van der Waals surface area contributed by atoms with Crippen molar-refractivity contribution in [1.29, 1.82) is 0 Å². The summed E-state index contributed by atoms with van der Waals surface area (Å²) in [7, 11) is 0. The summed E-state index contributed by atoms with van der Waals surface area (Å²) in [4.78, 5) is 0. The van der Waals surface area contributed by atoms with Crippen LogP contribution in [0.4, 0.5) is 13.2 Å². The van der Waals surface area contributed by atoms with Crippen LogP contribution in [0.1, 0.15) is 24.8 Å². The predicted molar refractivity (Wildman–Crippen MR) is 55.7 cm³/mol. The molecule has 1 saturated carbocycles. The summed E-state index contributed by atoms with van der Waals surface area (Å²) in [6.07, 6.45) is -4.47. The molecule has 0 aliphatic heterocycles. The minimum absolute atomic E-state index is 0.0338. The molecule has 17 heavy (non-hydrogen) atoms. The molecule has 0 amide bonds. The normalized spacial score (nSPS) is 25.5. The molecular formula is C12H13F3O2.